The number of aliphatic hydroxyl groups excluding tert-OH is 1. The van der Waals surface area contributed by atoms with Crippen molar-refractivity contribution in [2.45, 2.75) is 26.2 Å². The van der Waals surface area contributed by atoms with Crippen LogP contribution in [0.3, 0.4) is 0 Å². The van der Waals surface area contributed by atoms with Gasteiger partial charge in [-0.15, -0.1) is 0 Å². The van der Waals surface area contributed by atoms with E-state index in [1.807, 2.05) is 0 Å². The molecule has 0 amide bonds. The second kappa shape index (κ2) is 7.58. The van der Waals surface area contributed by atoms with Crippen molar-refractivity contribution >= 4 is 17.1 Å². The summed E-state index contributed by atoms with van der Waals surface area (Å²) in [6.45, 7) is 2.92. The summed E-state index contributed by atoms with van der Waals surface area (Å²) in [7, 11) is 0. The third-order valence-electron chi connectivity index (χ3n) is 2.98. The monoisotopic (exact) mass is 267 g/mol. The molecule has 0 aliphatic carbocycles. The lowest BCUT2D eigenvalue weighted by molar-refractivity contribution is -0.384. The Balaban J connectivity index is 2.67. The van der Waals surface area contributed by atoms with Crippen molar-refractivity contribution in [3.8, 4) is 0 Å². The Morgan fingerprint density at radius 3 is 2.74 bits per heavy atom. The van der Waals surface area contributed by atoms with Crippen molar-refractivity contribution in [3.05, 3.63) is 28.3 Å². The fourth-order valence-electron chi connectivity index (χ4n) is 2.04. The lowest BCUT2D eigenvalue weighted by Crippen LogP contribution is -2.15. The maximum Gasteiger partial charge on any atom is 0.273 e. The number of aliphatic hydroxyl groups is 1. The summed E-state index contributed by atoms with van der Waals surface area (Å²) < 4.78 is 0. The van der Waals surface area contributed by atoms with Crippen LogP contribution in [0, 0.1) is 16.0 Å². The van der Waals surface area contributed by atoms with Gasteiger partial charge in [0.2, 0.25) is 0 Å². The van der Waals surface area contributed by atoms with Crippen molar-refractivity contribution in [1.82, 2.24) is 0 Å². The van der Waals surface area contributed by atoms with E-state index in [4.69, 9.17) is 10.8 Å². The highest BCUT2D eigenvalue weighted by molar-refractivity contribution is 5.61. The number of nitrogens with two attached hydrogens (primary N) is 1. The van der Waals surface area contributed by atoms with Crippen LogP contribution >= 0.6 is 0 Å². The molecule has 1 aromatic rings. The van der Waals surface area contributed by atoms with Gasteiger partial charge in [0.25, 0.3) is 5.69 Å². The average molecular weight is 267 g/mol. The lowest BCUT2D eigenvalue weighted by atomic mass is 10.00. The summed E-state index contributed by atoms with van der Waals surface area (Å²) in [6, 6.07) is 4.48. The van der Waals surface area contributed by atoms with Gasteiger partial charge in [-0.05, 0) is 24.8 Å². The maximum atomic E-state index is 10.7. The Morgan fingerprint density at radius 1 is 1.42 bits per heavy atom. The third kappa shape index (κ3) is 5.13. The van der Waals surface area contributed by atoms with Gasteiger partial charge in [-0.2, -0.15) is 0 Å². The van der Waals surface area contributed by atoms with E-state index in [1.165, 1.54) is 12.1 Å². The van der Waals surface area contributed by atoms with Gasteiger partial charge in [-0.3, -0.25) is 10.1 Å². The molecule has 0 fully saturated rings. The molecule has 1 aromatic carbocycles. The van der Waals surface area contributed by atoms with Gasteiger partial charge in [-0.25, -0.2) is 0 Å². The smallest absolute Gasteiger partial charge is 0.273 e. The van der Waals surface area contributed by atoms with Crippen LogP contribution in [0.1, 0.15) is 26.2 Å². The van der Waals surface area contributed by atoms with Crippen LogP contribution in [0.2, 0.25) is 0 Å². The SMILES string of the molecule is CCCC(CCO)CNc1cc(N)cc([N+](=O)[O-])c1. The van der Waals surface area contributed by atoms with Crippen LogP contribution in [0.5, 0.6) is 0 Å². The largest absolute Gasteiger partial charge is 0.398 e. The first kappa shape index (κ1) is 15.2. The predicted molar refractivity (Wildman–Crippen MR) is 76.1 cm³/mol. The average Bonchev–Trinajstić information content (AvgIpc) is 2.36. The fraction of sp³-hybridized carbons (Fsp3) is 0.538. The number of anilines is 2. The number of rotatable bonds is 8. The molecular weight excluding hydrogens is 246 g/mol. The van der Waals surface area contributed by atoms with Crippen LogP contribution in [-0.4, -0.2) is 23.2 Å². The molecule has 0 aliphatic heterocycles. The second-order valence-electron chi connectivity index (χ2n) is 4.62. The molecule has 0 aromatic heterocycles. The topological polar surface area (TPSA) is 101 Å². The summed E-state index contributed by atoms with van der Waals surface area (Å²) in [5.41, 5.74) is 6.63. The molecule has 19 heavy (non-hydrogen) atoms. The van der Waals surface area contributed by atoms with Gasteiger partial charge < -0.3 is 16.2 Å². The Labute approximate surface area is 112 Å². The molecule has 0 aliphatic rings. The summed E-state index contributed by atoms with van der Waals surface area (Å²) in [4.78, 5) is 10.3. The Kier molecular flexibility index (Phi) is 6.08. The van der Waals surface area contributed by atoms with Gasteiger partial charge >= 0.3 is 0 Å². The van der Waals surface area contributed by atoms with Crippen LogP contribution in [0.15, 0.2) is 18.2 Å². The zero-order valence-electron chi connectivity index (χ0n) is 11.1. The molecule has 0 saturated heterocycles. The highest BCUT2D eigenvalue weighted by atomic mass is 16.6. The van der Waals surface area contributed by atoms with E-state index in [9.17, 15) is 10.1 Å². The number of nitrogens with zero attached hydrogens (tertiary/aromatic N) is 1. The Hall–Kier alpha value is -1.82. The highest BCUT2D eigenvalue weighted by Gasteiger charge is 2.10. The molecule has 0 saturated carbocycles. The standard InChI is InChI=1S/C13H21N3O3/c1-2-3-10(4-5-17)9-15-12-6-11(14)7-13(8-12)16(18)19/h6-8,10,15,17H,2-5,9,14H2,1H3. The van der Waals surface area contributed by atoms with Crippen LogP contribution in [-0.2, 0) is 0 Å². The summed E-state index contributed by atoms with van der Waals surface area (Å²) in [6.07, 6.45) is 2.78. The number of nitrogen functional groups attached to an aromatic ring is 1. The molecule has 0 spiro atoms. The first-order valence-electron chi connectivity index (χ1n) is 6.46. The summed E-state index contributed by atoms with van der Waals surface area (Å²) in [5, 5.41) is 22.9. The van der Waals surface area contributed by atoms with Gasteiger partial charge in [0.1, 0.15) is 0 Å². The minimum atomic E-state index is -0.460. The first-order valence-corrected chi connectivity index (χ1v) is 6.46. The van der Waals surface area contributed by atoms with Gasteiger partial charge in [0, 0.05) is 36.7 Å². The van der Waals surface area contributed by atoms with E-state index in [0.29, 0.717) is 23.8 Å². The fourth-order valence-corrected chi connectivity index (χ4v) is 2.04. The minimum absolute atomic E-state index is 0.0169. The van der Waals surface area contributed by atoms with E-state index < -0.39 is 4.92 Å². The first-order chi connectivity index (χ1) is 9.06. The zero-order valence-corrected chi connectivity index (χ0v) is 11.1. The zero-order chi connectivity index (χ0) is 14.3. The molecular formula is C13H21N3O3. The molecule has 0 bridgehead atoms. The van der Waals surface area contributed by atoms with Gasteiger partial charge in [0.15, 0.2) is 0 Å². The lowest BCUT2D eigenvalue weighted by Gasteiger charge is -2.16. The molecule has 4 N–H and O–H groups in total. The number of non-ortho nitro benzene ring substituents is 1. The number of nitro benzene ring substituents is 1. The molecule has 1 rings (SSSR count). The molecule has 6 nitrogen and oxygen atoms in total. The Bertz CT molecular complexity index is 418. The molecule has 0 heterocycles. The molecule has 106 valence electrons. The minimum Gasteiger partial charge on any atom is -0.398 e. The molecule has 0 radical (unpaired) electrons. The molecule has 1 atom stereocenters. The van der Waals surface area contributed by atoms with Crippen molar-refractivity contribution in [3.63, 3.8) is 0 Å². The van der Waals surface area contributed by atoms with E-state index >= 15 is 0 Å². The number of nitrogens with one attached hydrogen (secondary N) is 1. The molecule has 1 unspecified atom stereocenters. The Morgan fingerprint density at radius 2 is 2.16 bits per heavy atom. The van der Waals surface area contributed by atoms with Crippen molar-refractivity contribution in [2.75, 3.05) is 24.2 Å². The van der Waals surface area contributed by atoms with Crippen LogP contribution in [0.4, 0.5) is 17.1 Å². The summed E-state index contributed by atoms with van der Waals surface area (Å²) in [5.74, 6) is 0.357. The molecule has 6 heteroatoms. The second-order valence-corrected chi connectivity index (χ2v) is 4.62. The predicted octanol–water partition coefficient (Wildman–Crippen LogP) is 2.39. The van der Waals surface area contributed by atoms with Crippen LogP contribution in [0.25, 0.3) is 0 Å². The van der Waals surface area contributed by atoms with E-state index in [2.05, 4.69) is 12.2 Å². The van der Waals surface area contributed by atoms with E-state index in [0.717, 1.165) is 19.3 Å². The highest BCUT2D eigenvalue weighted by Crippen LogP contribution is 2.23. The van der Waals surface area contributed by atoms with Gasteiger partial charge in [0.05, 0.1) is 4.92 Å². The maximum absolute atomic E-state index is 10.7. The van der Waals surface area contributed by atoms with E-state index in [-0.39, 0.29) is 12.3 Å². The normalized spacial score (nSPS) is 12.1. The van der Waals surface area contributed by atoms with Crippen molar-refractivity contribution in [1.29, 1.82) is 0 Å². The quantitative estimate of drug-likeness (QED) is 0.381. The van der Waals surface area contributed by atoms with E-state index in [1.54, 1.807) is 6.07 Å². The third-order valence-corrected chi connectivity index (χ3v) is 2.98. The number of benzene rings is 1. The number of hydrogen-bond donors (Lipinski definition) is 3. The van der Waals surface area contributed by atoms with Crippen molar-refractivity contribution < 1.29 is 10.0 Å². The van der Waals surface area contributed by atoms with Crippen LogP contribution < -0.4 is 11.1 Å². The number of nitro groups is 1. The van der Waals surface area contributed by atoms with Gasteiger partial charge in [-0.1, -0.05) is 13.3 Å². The number of hydrogen-bond acceptors (Lipinski definition) is 5. The summed E-state index contributed by atoms with van der Waals surface area (Å²) >= 11 is 0. The van der Waals surface area contributed by atoms with Crippen molar-refractivity contribution in [2.24, 2.45) is 5.92 Å².